The molecule has 1 N–H and O–H groups in total. The predicted molar refractivity (Wildman–Crippen MR) is 132 cm³/mol. The molecular weight excluding hydrogens is 464 g/mol. The first-order valence-corrected chi connectivity index (χ1v) is 12.4. The number of thiazole rings is 1. The van der Waals surface area contributed by atoms with Crippen LogP contribution in [0.15, 0.2) is 40.4 Å². The fourth-order valence-electron chi connectivity index (χ4n) is 4.26. The number of hydrogen-bond acceptors (Lipinski definition) is 7. The highest BCUT2D eigenvalue weighted by atomic mass is 32.1. The number of aromatic nitrogens is 2. The Labute approximate surface area is 208 Å². The van der Waals surface area contributed by atoms with E-state index in [1.54, 1.807) is 35.5 Å². The Morgan fingerprint density at radius 2 is 2.06 bits per heavy atom. The van der Waals surface area contributed by atoms with Gasteiger partial charge in [0.05, 0.1) is 16.1 Å². The highest BCUT2D eigenvalue weighted by molar-refractivity contribution is 7.13. The van der Waals surface area contributed by atoms with Crippen LogP contribution in [0, 0.1) is 24.7 Å². The first-order valence-electron chi connectivity index (χ1n) is 11.6. The Hall–Kier alpha value is -3.64. The molecule has 0 saturated carbocycles. The number of hydrogen-bond donors (Lipinski definition) is 1. The smallest absolute Gasteiger partial charge is 0.275 e. The van der Waals surface area contributed by atoms with Gasteiger partial charge in [0.25, 0.3) is 5.91 Å². The molecule has 2 atom stereocenters. The van der Waals surface area contributed by atoms with Crippen LogP contribution in [-0.2, 0) is 9.59 Å². The van der Waals surface area contributed by atoms with Crippen LogP contribution in [0.1, 0.15) is 56.7 Å². The van der Waals surface area contributed by atoms with Crippen molar-refractivity contribution in [3.8, 4) is 28.0 Å². The summed E-state index contributed by atoms with van der Waals surface area (Å²) in [6.07, 6.45) is 1.32. The van der Waals surface area contributed by atoms with Crippen LogP contribution < -0.4 is 10.3 Å². The maximum atomic E-state index is 13.4. The van der Waals surface area contributed by atoms with Gasteiger partial charge in [-0.15, -0.1) is 11.3 Å². The van der Waals surface area contributed by atoms with Gasteiger partial charge in [-0.25, -0.2) is 4.98 Å². The van der Waals surface area contributed by atoms with Crippen molar-refractivity contribution >= 4 is 23.2 Å². The molecule has 35 heavy (non-hydrogen) atoms. The zero-order chi connectivity index (χ0) is 24.9. The van der Waals surface area contributed by atoms with E-state index in [9.17, 15) is 9.59 Å². The van der Waals surface area contributed by atoms with Gasteiger partial charge in [-0.1, -0.05) is 24.9 Å². The lowest BCUT2D eigenvalue weighted by Crippen LogP contribution is -2.48. The number of benzene rings is 1. The predicted octanol–water partition coefficient (Wildman–Crippen LogP) is 4.32. The second-order valence-corrected chi connectivity index (χ2v) is 9.63. The lowest BCUT2D eigenvalue weighted by Gasteiger charge is -2.28. The molecule has 8 nitrogen and oxygen atoms in total. The number of nitrogens with one attached hydrogen (secondary N) is 1. The van der Waals surface area contributed by atoms with E-state index in [-0.39, 0.29) is 17.7 Å². The zero-order valence-electron chi connectivity index (χ0n) is 20.2. The summed E-state index contributed by atoms with van der Waals surface area (Å²) in [5.41, 5.74) is 6.72. The van der Waals surface area contributed by atoms with Crippen molar-refractivity contribution < 1.29 is 18.9 Å². The molecule has 0 aliphatic carbocycles. The number of hydroxylamine groups is 1. The molecule has 1 aliphatic rings. The molecule has 2 amide bonds. The molecule has 0 spiro atoms. The van der Waals surface area contributed by atoms with Gasteiger partial charge in [-0.3, -0.25) is 9.59 Å². The van der Waals surface area contributed by atoms with Crippen LogP contribution in [0.25, 0.3) is 10.4 Å². The highest BCUT2D eigenvalue weighted by Crippen LogP contribution is 2.31. The number of likely N-dealkylation sites (tertiary alicyclic amines) is 1. The summed E-state index contributed by atoms with van der Waals surface area (Å²) in [6, 6.07) is 8.53. The van der Waals surface area contributed by atoms with Gasteiger partial charge >= 0.3 is 0 Å². The molecule has 2 unspecified atom stereocenters. The Morgan fingerprint density at radius 1 is 1.29 bits per heavy atom. The molecule has 0 radical (unpaired) electrons. The van der Waals surface area contributed by atoms with Gasteiger partial charge in [0.2, 0.25) is 5.91 Å². The van der Waals surface area contributed by atoms with Crippen molar-refractivity contribution in [2.24, 2.45) is 5.92 Å². The molecule has 9 heteroatoms. The van der Waals surface area contributed by atoms with Crippen LogP contribution in [0.3, 0.4) is 0 Å². The van der Waals surface area contributed by atoms with E-state index in [0.29, 0.717) is 24.5 Å². The molecule has 1 aromatic carbocycles. The number of rotatable bonds is 7. The fraction of sp³-hybridized carbons (Fsp3) is 0.385. The van der Waals surface area contributed by atoms with E-state index < -0.39 is 12.0 Å². The number of aryl methyl sites for hydroxylation is 1. The zero-order valence-corrected chi connectivity index (χ0v) is 21.0. The Morgan fingerprint density at radius 3 is 2.71 bits per heavy atom. The van der Waals surface area contributed by atoms with Gasteiger partial charge in [0.1, 0.15) is 23.4 Å². The van der Waals surface area contributed by atoms with Gasteiger partial charge in [-0.05, 0) is 68.4 Å². The normalized spacial score (nSPS) is 16.0. The van der Waals surface area contributed by atoms with E-state index in [4.69, 9.17) is 9.36 Å². The largest absolute Gasteiger partial charge is 0.379 e. The van der Waals surface area contributed by atoms with Crippen LogP contribution in [0.2, 0.25) is 0 Å². The SMILES string of the molecule is CC#Cc1ncsc1-c1ccc(ONC(=O)C2CCCN2C(=O)C(c2cc(C)no2)C(C)C)cc1. The third-order valence-corrected chi connectivity index (χ3v) is 6.80. The molecule has 1 saturated heterocycles. The van der Waals surface area contributed by atoms with Crippen molar-refractivity contribution in [2.75, 3.05) is 6.54 Å². The van der Waals surface area contributed by atoms with Gasteiger partial charge < -0.3 is 14.3 Å². The van der Waals surface area contributed by atoms with E-state index in [2.05, 4.69) is 27.5 Å². The monoisotopic (exact) mass is 492 g/mol. The van der Waals surface area contributed by atoms with E-state index in [1.807, 2.05) is 32.9 Å². The summed E-state index contributed by atoms with van der Waals surface area (Å²) in [5.74, 6) is 5.91. The standard InChI is InChI=1S/C26H28N4O4S/c1-5-7-20-24(35-15-27-20)18-9-11-19(12-10-18)33-29-25(31)21-8-6-13-30(21)26(32)23(16(2)3)22-14-17(4)28-34-22/h9-12,14-16,21,23H,6,8,13H2,1-4H3,(H,29,31). The lowest BCUT2D eigenvalue weighted by molar-refractivity contribution is -0.143. The third kappa shape index (κ3) is 5.38. The fourth-order valence-corrected chi connectivity index (χ4v) is 5.01. The van der Waals surface area contributed by atoms with Crippen LogP contribution in [-0.4, -0.2) is 39.4 Å². The summed E-state index contributed by atoms with van der Waals surface area (Å²) in [7, 11) is 0. The maximum absolute atomic E-state index is 13.4. The van der Waals surface area contributed by atoms with Crippen LogP contribution in [0.5, 0.6) is 5.75 Å². The number of carbonyl (C=O) groups is 2. The van der Waals surface area contributed by atoms with Crippen molar-refractivity contribution in [1.82, 2.24) is 20.5 Å². The number of carbonyl (C=O) groups excluding carboxylic acids is 2. The molecule has 182 valence electrons. The highest BCUT2D eigenvalue weighted by Gasteiger charge is 2.40. The second kappa shape index (κ2) is 10.7. The minimum Gasteiger partial charge on any atom is -0.379 e. The first-order chi connectivity index (χ1) is 16.9. The molecule has 1 fully saturated rings. The Bertz CT molecular complexity index is 1250. The Balaban J connectivity index is 1.40. The summed E-state index contributed by atoms with van der Waals surface area (Å²) < 4.78 is 5.39. The summed E-state index contributed by atoms with van der Waals surface area (Å²) in [4.78, 5) is 38.8. The summed E-state index contributed by atoms with van der Waals surface area (Å²) >= 11 is 1.52. The summed E-state index contributed by atoms with van der Waals surface area (Å²) in [6.45, 7) is 8.03. The Kier molecular flexibility index (Phi) is 7.51. The number of amides is 2. The van der Waals surface area contributed by atoms with Crippen molar-refractivity contribution in [2.45, 2.75) is 52.5 Å². The second-order valence-electron chi connectivity index (χ2n) is 8.78. The topological polar surface area (TPSA) is 97.6 Å². The van der Waals surface area contributed by atoms with Crippen LogP contribution >= 0.6 is 11.3 Å². The van der Waals surface area contributed by atoms with Crippen LogP contribution in [0.4, 0.5) is 0 Å². The van der Waals surface area contributed by atoms with Gasteiger partial charge in [-0.2, -0.15) is 5.48 Å². The first kappa shape index (κ1) is 24.5. The van der Waals surface area contributed by atoms with E-state index in [1.165, 1.54) is 11.3 Å². The molecule has 3 aromatic rings. The molecule has 4 rings (SSSR count). The van der Waals surface area contributed by atoms with E-state index in [0.717, 1.165) is 28.2 Å². The third-order valence-electron chi connectivity index (χ3n) is 5.92. The van der Waals surface area contributed by atoms with Crippen molar-refractivity contribution in [3.05, 3.63) is 53.0 Å². The minimum atomic E-state index is -0.598. The molecule has 3 heterocycles. The van der Waals surface area contributed by atoms with Crippen molar-refractivity contribution in [1.29, 1.82) is 0 Å². The molecule has 0 bridgehead atoms. The van der Waals surface area contributed by atoms with E-state index >= 15 is 0 Å². The number of nitrogens with zero attached hydrogens (tertiary/aromatic N) is 3. The molecular formula is C26H28N4O4S. The van der Waals surface area contributed by atoms with Gasteiger partial charge in [0, 0.05) is 12.6 Å². The molecule has 1 aliphatic heterocycles. The van der Waals surface area contributed by atoms with Gasteiger partial charge in [0.15, 0.2) is 5.75 Å². The van der Waals surface area contributed by atoms with Crippen molar-refractivity contribution in [3.63, 3.8) is 0 Å². The minimum absolute atomic E-state index is 0.00343. The molecule has 2 aromatic heterocycles. The maximum Gasteiger partial charge on any atom is 0.275 e. The lowest BCUT2D eigenvalue weighted by atomic mass is 9.91. The quantitative estimate of drug-likeness (QED) is 0.390. The average molecular weight is 493 g/mol. The summed E-state index contributed by atoms with van der Waals surface area (Å²) in [5, 5.41) is 3.93. The average Bonchev–Trinajstić information content (AvgIpc) is 3.59.